The summed E-state index contributed by atoms with van der Waals surface area (Å²) in [5.41, 5.74) is 4.56. The molecule has 1 aliphatic rings. The number of aryl methyl sites for hydroxylation is 3. The van der Waals surface area contributed by atoms with Gasteiger partial charge in [-0.3, -0.25) is 0 Å². The van der Waals surface area contributed by atoms with E-state index in [1.54, 1.807) is 11.8 Å². The number of hydrogen-bond donors (Lipinski definition) is 1. The number of hydrogen-bond acceptors (Lipinski definition) is 6. The summed E-state index contributed by atoms with van der Waals surface area (Å²) in [7, 11) is 0. The Labute approximate surface area is 178 Å². The lowest BCUT2D eigenvalue weighted by molar-refractivity contribution is 0.438. The summed E-state index contributed by atoms with van der Waals surface area (Å²) in [5.74, 6) is 0.625. The molecule has 1 aromatic heterocycles. The van der Waals surface area contributed by atoms with E-state index in [-0.39, 0.29) is 5.37 Å². The molecule has 0 saturated carbocycles. The zero-order valence-electron chi connectivity index (χ0n) is 16.7. The molecule has 3 aromatic rings. The van der Waals surface area contributed by atoms with Gasteiger partial charge in [0.1, 0.15) is 10.4 Å². The first-order valence-electron chi connectivity index (χ1n) is 9.28. The van der Waals surface area contributed by atoms with E-state index in [0.29, 0.717) is 11.1 Å². The highest BCUT2D eigenvalue weighted by molar-refractivity contribution is 8.14. The van der Waals surface area contributed by atoms with Crippen LogP contribution in [0.3, 0.4) is 0 Å². The SMILES string of the molecule is CC1=NN(C(=Nc2nnc(C)s2)Nc2ccc(C)cc2)[C@H](c2ccc(C)cc2)S1. The highest BCUT2D eigenvalue weighted by Gasteiger charge is 2.31. The zero-order chi connectivity index (χ0) is 20.4. The maximum atomic E-state index is 4.76. The van der Waals surface area contributed by atoms with Gasteiger partial charge in [0.05, 0.1) is 5.04 Å². The largest absolute Gasteiger partial charge is 0.324 e. The van der Waals surface area contributed by atoms with Gasteiger partial charge in [0.25, 0.3) is 0 Å². The molecule has 0 saturated heterocycles. The average Bonchev–Trinajstić information content (AvgIpc) is 3.29. The van der Waals surface area contributed by atoms with Gasteiger partial charge in [0, 0.05) is 5.69 Å². The number of nitrogens with one attached hydrogen (secondary N) is 1. The van der Waals surface area contributed by atoms with Crippen LogP contribution in [0.5, 0.6) is 0 Å². The van der Waals surface area contributed by atoms with E-state index in [1.165, 1.54) is 28.0 Å². The van der Waals surface area contributed by atoms with Crippen molar-refractivity contribution in [3.63, 3.8) is 0 Å². The van der Waals surface area contributed by atoms with Crippen LogP contribution in [0.15, 0.2) is 58.6 Å². The molecule has 1 atom stereocenters. The number of anilines is 1. The second-order valence-corrected chi connectivity index (χ2v) is 9.31. The Morgan fingerprint density at radius 1 is 0.931 bits per heavy atom. The van der Waals surface area contributed by atoms with Crippen LogP contribution in [-0.2, 0) is 0 Å². The quantitative estimate of drug-likeness (QED) is 0.437. The fourth-order valence-corrected chi connectivity index (χ4v) is 4.42. The highest BCUT2D eigenvalue weighted by Crippen LogP contribution is 2.40. The predicted molar refractivity (Wildman–Crippen MR) is 123 cm³/mol. The van der Waals surface area contributed by atoms with Gasteiger partial charge in [-0.25, -0.2) is 5.01 Å². The third-order valence-corrected chi connectivity index (χ3v) is 6.21. The minimum Gasteiger partial charge on any atom is -0.324 e. The van der Waals surface area contributed by atoms with E-state index < -0.39 is 0 Å². The van der Waals surface area contributed by atoms with Crippen LogP contribution in [0.2, 0.25) is 0 Å². The van der Waals surface area contributed by atoms with Crippen molar-refractivity contribution in [3.8, 4) is 0 Å². The number of hydrazone groups is 1. The Hall–Kier alpha value is -2.71. The molecule has 0 spiro atoms. The van der Waals surface area contributed by atoms with Gasteiger partial charge in [0.15, 0.2) is 0 Å². The van der Waals surface area contributed by atoms with Crippen molar-refractivity contribution < 1.29 is 0 Å². The molecule has 0 radical (unpaired) electrons. The van der Waals surface area contributed by atoms with Crippen LogP contribution in [0.25, 0.3) is 0 Å². The van der Waals surface area contributed by atoms with Crippen molar-refractivity contribution in [2.45, 2.75) is 33.1 Å². The number of aliphatic imine (C=N–C) groups is 1. The number of guanidine groups is 1. The summed E-state index contributed by atoms with van der Waals surface area (Å²) < 4.78 is 0. The lowest BCUT2D eigenvalue weighted by atomic mass is 10.1. The molecule has 29 heavy (non-hydrogen) atoms. The first-order chi connectivity index (χ1) is 14.0. The van der Waals surface area contributed by atoms with Crippen molar-refractivity contribution in [2.24, 2.45) is 10.1 Å². The van der Waals surface area contributed by atoms with E-state index in [2.05, 4.69) is 65.8 Å². The highest BCUT2D eigenvalue weighted by atomic mass is 32.2. The van der Waals surface area contributed by atoms with Gasteiger partial charge in [0.2, 0.25) is 11.1 Å². The molecule has 2 aromatic carbocycles. The smallest absolute Gasteiger partial charge is 0.234 e. The van der Waals surface area contributed by atoms with E-state index >= 15 is 0 Å². The fourth-order valence-electron chi connectivity index (χ4n) is 2.86. The Morgan fingerprint density at radius 3 is 2.21 bits per heavy atom. The summed E-state index contributed by atoms with van der Waals surface area (Å²) in [6, 6.07) is 16.8. The van der Waals surface area contributed by atoms with Crippen LogP contribution in [-0.4, -0.2) is 26.2 Å². The second kappa shape index (κ2) is 8.34. The number of nitrogens with zero attached hydrogens (tertiary/aromatic N) is 5. The van der Waals surface area contributed by atoms with E-state index in [9.17, 15) is 0 Å². The summed E-state index contributed by atoms with van der Waals surface area (Å²) in [4.78, 5) is 4.76. The number of rotatable bonds is 3. The van der Waals surface area contributed by atoms with Gasteiger partial charge in [-0.1, -0.05) is 70.6 Å². The molecule has 1 N–H and O–H groups in total. The Bertz CT molecular complexity index is 1050. The Kier molecular flexibility index (Phi) is 5.64. The van der Waals surface area contributed by atoms with Gasteiger partial charge in [-0.05, 0) is 45.4 Å². The molecule has 0 unspecified atom stereocenters. The molecular weight excluding hydrogens is 400 g/mol. The summed E-state index contributed by atoms with van der Waals surface area (Å²) in [5, 5.41) is 20.9. The lowest BCUT2D eigenvalue weighted by Gasteiger charge is -2.25. The van der Waals surface area contributed by atoms with Crippen molar-refractivity contribution in [1.82, 2.24) is 15.2 Å². The van der Waals surface area contributed by atoms with Gasteiger partial charge < -0.3 is 5.32 Å². The van der Waals surface area contributed by atoms with Gasteiger partial charge in [-0.2, -0.15) is 10.1 Å². The third-order valence-electron chi connectivity index (χ3n) is 4.36. The van der Waals surface area contributed by atoms with Crippen LogP contribution in [0.1, 0.15) is 34.0 Å². The van der Waals surface area contributed by atoms with Crippen LogP contribution in [0, 0.1) is 20.8 Å². The summed E-state index contributed by atoms with van der Waals surface area (Å²) in [6.07, 6.45) is 0. The van der Waals surface area contributed by atoms with E-state index in [4.69, 9.17) is 10.1 Å². The Morgan fingerprint density at radius 2 is 1.59 bits per heavy atom. The van der Waals surface area contributed by atoms with Crippen molar-refractivity contribution in [1.29, 1.82) is 0 Å². The maximum absolute atomic E-state index is 4.76. The number of benzene rings is 2. The molecule has 0 amide bonds. The first-order valence-corrected chi connectivity index (χ1v) is 11.0. The van der Waals surface area contributed by atoms with Crippen molar-refractivity contribution in [3.05, 3.63) is 70.2 Å². The molecule has 148 valence electrons. The molecule has 0 aliphatic carbocycles. The first kappa shape index (κ1) is 19.6. The molecule has 1 aliphatic heterocycles. The number of thioether (sulfide) groups is 1. The maximum Gasteiger partial charge on any atom is 0.234 e. The van der Waals surface area contributed by atoms with Crippen LogP contribution in [0.4, 0.5) is 10.8 Å². The third kappa shape index (κ3) is 4.65. The molecule has 6 nitrogen and oxygen atoms in total. The second-order valence-electron chi connectivity index (χ2n) is 6.87. The molecular formula is C21H22N6S2. The minimum absolute atomic E-state index is 0.00122. The molecule has 2 heterocycles. The number of aromatic nitrogens is 2. The zero-order valence-corrected chi connectivity index (χ0v) is 18.4. The minimum atomic E-state index is 0.00122. The molecule has 8 heteroatoms. The predicted octanol–water partition coefficient (Wildman–Crippen LogP) is 5.64. The van der Waals surface area contributed by atoms with Crippen LogP contribution < -0.4 is 5.32 Å². The van der Waals surface area contributed by atoms with Crippen molar-refractivity contribution >= 4 is 44.9 Å². The van der Waals surface area contributed by atoms with Gasteiger partial charge in [-0.15, -0.1) is 10.2 Å². The van der Waals surface area contributed by atoms with Crippen LogP contribution >= 0.6 is 23.1 Å². The summed E-state index contributed by atoms with van der Waals surface area (Å²) in [6.45, 7) is 8.10. The standard InChI is InChI=1S/C21H22N6S2/c1-13-5-9-17(10-6-13)19-27(26-16(4)28-19)20(23-21-25-24-15(3)29-21)22-18-11-7-14(2)8-12-18/h5-12,19H,1-4H3,(H,22,23,25)/t19-/m0/s1. The molecule has 0 fully saturated rings. The van der Waals surface area contributed by atoms with E-state index in [1.807, 2.05) is 31.0 Å². The average molecular weight is 423 g/mol. The summed E-state index contributed by atoms with van der Waals surface area (Å²) >= 11 is 3.17. The van der Waals surface area contributed by atoms with Gasteiger partial charge >= 0.3 is 0 Å². The van der Waals surface area contributed by atoms with E-state index in [0.717, 1.165) is 15.7 Å². The fraction of sp³-hybridized carbons (Fsp3) is 0.238. The Balaban J connectivity index is 1.72. The monoisotopic (exact) mass is 422 g/mol. The topological polar surface area (TPSA) is 65.8 Å². The van der Waals surface area contributed by atoms with Crippen molar-refractivity contribution in [2.75, 3.05) is 5.32 Å². The normalized spacial score (nSPS) is 16.8. The lowest BCUT2D eigenvalue weighted by Crippen LogP contribution is -2.32. The molecule has 0 bridgehead atoms. The molecule has 4 rings (SSSR count).